The van der Waals surface area contributed by atoms with E-state index < -0.39 is 14.4 Å². The number of aliphatic hydroxyl groups excluding tert-OH is 1. The van der Waals surface area contributed by atoms with Crippen LogP contribution in [0.15, 0.2) is 24.3 Å². The number of piperidine rings is 1. The van der Waals surface area contributed by atoms with Gasteiger partial charge in [0.25, 0.3) is 0 Å². The third-order valence-electron chi connectivity index (χ3n) is 8.59. The van der Waals surface area contributed by atoms with E-state index >= 15 is 0 Å². The summed E-state index contributed by atoms with van der Waals surface area (Å²) in [5.74, 6) is 1.12. The highest BCUT2D eigenvalue weighted by Gasteiger charge is 2.60. The first-order valence-electron chi connectivity index (χ1n) is 11.8. The summed E-state index contributed by atoms with van der Waals surface area (Å²) < 4.78 is 12.1. The van der Waals surface area contributed by atoms with Crippen LogP contribution in [0.5, 0.6) is 5.75 Å². The second-order valence-electron chi connectivity index (χ2n) is 11.4. The lowest BCUT2D eigenvalue weighted by atomic mass is 9.65. The SMILES string of the molecule is COc1ccc(C[C@H]2[C@H](O)[C@H]3C[C@]4(CCC(=O)N24)CC[C@@H]3O[Si](C)(C)C(C)(C)C)cc1. The Bertz CT molecular complexity index is 818. The molecule has 0 radical (unpaired) electrons. The molecule has 1 aromatic carbocycles. The summed E-state index contributed by atoms with van der Waals surface area (Å²) >= 11 is 0. The number of amides is 1. The van der Waals surface area contributed by atoms with Crippen LogP contribution in [0.4, 0.5) is 0 Å². The van der Waals surface area contributed by atoms with Crippen LogP contribution in [0.2, 0.25) is 18.1 Å². The van der Waals surface area contributed by atoms with Gasteiger partial charge >= 0.3 is 0 Å². The highest BCUT2D eigenvalue weighted by Crippen LogP contribution is 2.53. The van der Waals surface area contributed by atoms with Gasteiger partial charge in [-0.15, -0.1) is 0 Å². The average molecular weight is 446 g/mol. The number of nitrogens with zero attached hydrogens (tertiary/aromatic N) is 1. The molecule has 1 aromatic rings. The van der Waals surface area contributed by atoms with Gasteiger partial charge in [0.05, 0.1) is 25.4 Å². The van der Waals surface area contributed by atoms with Crippen molar-refractivity contribution in [3.05, 3.63) is 29.8 Å². The second-order valence-corrected chi connectivity index (χ2v) is 16.2. The molecule has 31 heavy (non-hydrogen) atoms. The van der Waals surface area contributed by atoms with E-state index in [1.54, 1.807) is 7.11 Å². The van der Waals surface area contributed by atoms with E-state index in [-0.39, 0.29) is 34.5 Å². The molecule has 2 saturated heterocycles. The van der Waals surface area contributed by atoms with Gasteiger partial charge in [-0.3, -0.25) is 4.79 Å². The Morgan fingerprint density at radius 1 is 1.19 bits per heavy atom. The summed E-state index contributed by atoms with van der Waals surface area (Å²) in [5.41, 5.74) is 1.03. The summed E-state index contributed by atoms with van der Waals surface area (Å²) in [5, 5.41) is 11.7. The van der Waals surface area contributed by atoms with Crippen molar-refractivity contribution < 1.29 is 19.1 Å². The minimum atomic E-state index is -1.94. The van der Waals surface area contributed by atoms with Crippen molar-refractivity contribution in [3.63, 3.8) is 0 Å². The molecule has 1 saturated carbocycles. The van der Waals surface area contributed by atoms with Crippen LogP contribution in [0, 0.1) is 5.92 Å². The molecule has 4 rings (SSSR count). The van der Waals surface area contributed by atoms with Crippen molar-refractivity contribution >= 4 is 14.2 Å². The first kappa shape index (κ1) is 22.8. The van der Waals surface area contributed by atoms with E-state index in [2.05, 4.69) is 38.8 Å². The molecule has 3 fully saturated rings. The van der Waals surface area contributed by atoms with Crippen molar-refractivity contribution in [2.24, 2.45) is 5.92 Å². The number of methoxy groups -OCH3 is 1. The standard InChI is InChI=1S/C25H39NO4Si/c1-24(2,3)31(5,6)30-21-11-13-25-14-12-22(27)26(25)20(23(28)19(21)16-25)15-17-7-9-18(29-4)10-8-17/h7-10,19-21,23,28H,11-16H2,1-6H3/t19-,20-,21-,23+,25+/m0/s1. The summed E-state index contributed by atoms with van der Waals surface area (Å²) in [6, 6.07) is 7.82. The zero-order valence-corrected chi connectivity index (χ0v) is 21.0. The Morgan fingerprint density at radius 2 is 1.87 bits per heavy atom. The third kappa shape index (κ3) is 3.96. The molecule has 0 unspecified atom stereocenters. The van der Waals surface area contributed by atoms with Gasteiger partial charge in [-0.05, 0) is 67.9 Å². The Kier molecular flexibility index (Phi) is 5.80. The zero-order valence-electron chi connectivity index (χ0n) is 20.0. The lowest BCUT2D eigenvalue weighted by Gasteiger charge is -2.58. The molecule has 0 aromatic heterocycles. The van der Waals surface area contributed by atoms with Gasteiger partial charge in [-0.25, -0.2) is 0 Å². The van der Waals surface area contributed by atoms with E-state index in [1.807, 2.05) is 24.3 Å². The highest BCUT2D eigenvalue weighted by atomic mass is 28.4. The molecular formula is C25H39NO4Si. The molecular weight excluding hydrogens is 406 g/mol. The predicted molar refractivity (Wildman–Crippen MR) is 125 cm³/mol. The van der Waals surface area contributed by atoms with Gasteiger partial charge in [0.1, 0.15) is 5.75 Å². The topological polar surface area (TPSA) is 59.0 Å². The van der Waals surface area contributed by atoms with Crippen molar-refractivity contribution in [1.29, 1.82) is 0 Å². The van der Waals surface area contributed by atoms with E-state index in [4.69, 9.17) is 9.16 Å². The smallest absolute Gasteiger partial charge is 0.223 e. The van der Waals surface area contributed by atoms with Crippen LogP contribution < -0.4 is 4.74 Å². The molecule has 2 bridgehead atoms. The van der Waals surface area contributed by atoms with E-state index in [0.717, 1.165) is 37.0 Å². The maximum absolute atomic E-state index is 13.0. The molecule has 3 aliphatic rings. The fourth-order valence-electron chi connectivity index (χ4n) is 5.82. The number of hydrogen-bond donors (Lipinski definition) is 1. The monoisotopic (exact) mass is 445 g/mol. The number of carbonyl (C=O) groups is 1. The summed E-state index contributed by atoms with van der Waals surface area (Å²) in [4.78, 5) is 15.0. The van der Waals surface area contributed by atoms with Crippen molar-refractivity contribution in [2.45, 2.75) is 101 Å². The molecule has 5 nitrogen and oxygen atoms in total. The largest absolute Gasteiger partial charge is 0.497 e. The van der Waals surface area contributed by atoms with Gasteiger partial charge < -0.3 is 19.2 Å². The zero-order chi connectivity index (χ0) is 22.6. The number of hydrogen-bond acceptors (Lipinski definition) is 4. The van der Waals surface area contributed by atoms with Crippen LogP contribution >= 0.6 is 0 Å². The van der Waals surface area contributed by atoms with Gasteiger partial charge in [0.2, 0.25) is 5.91 Å². The number of aliphatic hydroxyl groups is 1. The lowest BCUT2D eigenvalue weighted by molar-refractivity contribution is -0.165. The van der Waals surface area contributed by atoms with Crippen molar-refractivity contribution in [1.82, 2.24) is 4.90 Å². The summed E-state index contributed by atoms with van der Waals surface area (Å²) in [6.45, 7) is 11.4. The van der Waals surface area contributed by atoms with Crippen LogP contribution in [-0.2, 0) is 15.6 Å². The van der Waals surface area contributed by atoms with Gasteiger partial charge in [0.15, 0.2) is 8.32 Å². The number of fused-ring (bicyclic) bond motifs is 1. The normalized spacial score (nSPS) is 33.4. The Labute approximate surface area is 188 Å². The lowest BCUT2D eigenvalue weighted by Crippen LogP contribution is -2.68. The van der Waals surface area contributed by atoms with Crippen molar-refractivity contribution in [3.8, 4) is 5.75 Å². The van der Waals surface area contributed by atoms with Crippen LogP contribution in [-0.4, -0.2) is 55.1 Å². The Morgan fingerprint density at radius 3 is 2.48 bits per heavy atom. The molecule has 2 aliphatic heterocycles. The third-order valence-corrected chi connectivity index (χ3v) is 13.1. The molecule has 6 heteroatoms. The van der Waals surface area contributed by atoms with Gasteiger partial charge in [0, 0.05) is 17.9 Å². The van der Waals surface area contributed by atoms with E-state index in [0.29, 0.717) is 12.8 Å². The fraction of sp³-hybridized carbons (Fsp3) is 0.720. The quantitative estimate of drug-likeness (QED) is 0.677. The number of ether oxygens (including phenoxy) is 1. The minimum Gasteiger partial charge on any atom is -0.497 e. The molecule has 1 amide bonds. The highest BCUT2D eigenvalue weighted by molar-refractivity contribution is 6.74. The molecule has 172 valence electrons. The molecule has 1 spiro atoms. The van der Waals surface area contributed by atoms with Crippen LogP contribution in [0.1, 0.15) is 58.4 Å². The number of carbonyl (C=O) groups excluding carboxylic acids is 1. The van der Waals surface area contributed by atoms with Gasteiger partial charge in [-0.2, -0.15) is 0 Å². The van der Waals surface area contributed by atoms with Crippen molar-refractivity contribution in [2.75, 3.05) is 7.11 Å². The van der Waals surface area contributed by atoms with Gasteiger partial charge in [-0.1, -0.05) is 32.9 Å². The first-order valence-corrected chi connectivity index (χ1v) is 14.7. The maximum Gasteiger partial charge on any atom is 0.223 e. The summed E-state index contributed by atoms with van der Waals surface area (Å²) in [7, 11) is -0.277. The molecule has 1 N–H and O–H groups in total. The minimum absolute atomic E-state index is 0.0812. The molecule has 2 heterocycles. The number of rotatable bonds is 5. The molecule has 5 atom stereocenters. The fourth-order valence-corrected chi connectivity index (χ4v) is 7.22. The van der Waals surface area contributed by atoms with Crippen LogP contribution in [0.25, 0.3) is 0 Å². The Hall–Kier alpha value is -1.37. The predicted octanol–water partition coefficient (Wildman–Crippen LogP) is 4.53. The van der Waals surface area contributed by atoms with E-state index in [9.17, 15) is 9.90 Å². The summed E-state index contributed by atoms with van der Waals surface area (Å²) in [6.07, 6.45) is 4.51. The number of benzene rings is 1. The van der Waals surface area contributed by atoms with Crippen LogP contribution in [0.3, 0.4) is 0 Å². The molecule has 1 aliphatic carbocycles. The average Bonchev–Trinajstić information content (AvgIpc) is 3.02. The Balaban J connectivity index is 1.62. The first-order chi connectivity index (χ1) is 14.5. The van der Waals surface area contributed by atoms with E-state index in [1.165, 1.54) is 0 Å². The second kappa shape index (κ2) is 7.89. The maximum atomic E-state index is 13.0.